The fraction of sp³-hybridized carbons (Fsp3) is 0.417. The van der Waals surface area contributed by atoms with Crippen molar-refractivity contribution in [3.05, 3.63) is 34.1 Å². The van der Waals surface area contributed by atoms with Gasteiger partial charge in [0.2, 0.25) is 0 Å². The van der Waals surface area contributed by atoms with Crippen molar-refractivity contribution in [1.82, 2.24) is 4.90 Å². The van der Waals surface area contributed by atoms with E-state index in [1.54, 1.807) is 17.0 Å². The molecule has 0 saturated carbocycles. The lowest BCUT2D eigenvalue weighted by atomic mass is 10.1. The Hall–Kier alpha value is -0.940. The van der Waals surface area contributed by atoms with Crippen molar-refractivity contribution >= 4 is 21.8 Å². The highest BCUT2D eigenvalue weighted by Gasteiger charge is 2.27. The van der Waals surface area contributed by atoms with Crippen LogP contribution in [0.25, 0.3) is 0 Å². The zero-order chi connectivity index (χ0) is 12.4. The maximum absolute atomic E-state index is 13.7. The molecular weight excluding hydrogens is 289 g/mol. The fourth-order valence-corrected chi connectivity index (χ4v) is 2.39. The van der Waals surface area contributed by atoms with Crippen LogP contribution in [0, 0.1) is 5.82 Å². The van der Waals surface area contributed by atoms with Crippen molar-refractivity contribution in [1.29, 1.82) is 0 Å². The maximum atomic E-state index is 13.7. The molecule has 1 aromatic rings. The molecule has 1 heterocycles. The molecule has 0 unspecified atom stereocenters. The predicted octanol–water partition coefficient (Wildman–Crippen LogP) is 2.45. The first kappa shape index (κ1) is 12.5. The van der Waals surface area contributed by atoms with Gasteiger partial charge < -0.3 is 9.64 Å². The summed E-state index contributed by atoms with van der Waals surface area (Å²) in [6.45, 7) is 3.40. The summed E-state index contributed by atoms with van der Waals surface area (Å²) >= 11 is 3.22. The molecule has 2 rings (SSSR count). The van der Waals surface area contributed by atoms with E-state index in [0.29, 0.717) is 24.2 Å². The summed E-state index contributed by atoms with van der Waals surface area (Å²) in [5.41, 5.74) is 0.0984. The van der Waals surface area contributed by atoms with E-state index in [9.17, 15) is 9.18 Å². The Balaban J connectivity index is 2.30. The van der Waals surface area contributed by atoms with Crippen molar-refractivity contribution in [2.75, 3.05) is 19.8 Å². The molecule has 1 aliphatic rings. The highest BCUT2D eigenvalue weighted by Crippen LogP contribution is 2.23. The lowest BCUT2D eigenvalue weighted by Gasteiger charge is -2.33. The van der Waals surface area contributed by atoms with Gasteiger partial charge in [0.05, 0.1) is 24.8 Å². The van der Waals surface area contributed by atoms with Gasteiger partial charge in [0, 0.05) is 11.0 Å². The molecule has 0 spiro atoms. The number of hydrogen-bond acceptors (Lipinski definition) is 2. The number of hydrogen-bond donors (Lipinski definition) is 0. The summed E-state index contributed by atoms with van der Waals surface area (Å²) in [6, 6.07) is 4.51. The Morgan fingerprint density at radius 2 is 2.35 bits per heavy atom. The number of rotatable bonds is 1. The van der Waals surface area contributed by atoms with Gasteiger partial charge >= 0.3 is 0 Å². The van der Waals surface area contributed by atoms with Crippen LogP contribution in [0.1, 0.15) is 17.3 Å². The first-order valence-electron chi connectivity index (χ1n) is 5.44. The Bertz CT molecular complexity index is 418. The largest absolute Gasteiger partial charge is 0.377 e. The molecule has 1 amide bonds. The van der Waals surface area contributed by atoms with Crippen LogP contribution in [0.2, 0.25) is 0 Å². The number of nitrogens with zero attached hydrogens (tertiary/aromatic N) is 1. The number of amides is 1. The minimum atomic E-state index is -0.497. The van der Waals surface area contributed by atoms with E-state index in [4.69, 9.17) is 4.74 Å². The minimum Gasteiger partial charge on any atom is -0.377 e. The number of morpholine rings is 1. The molecule has 1 fully saturated rings. The normalized spacial score (nSPS) is 20.4. The van der Waals surface area contributed by atoms with E-state index in [-0.39, 0.29) is 17.5 Å². The molecule has 3 nitrogen and oxygen atoms in total. The van der Waals surface area contributed by atoms with Gasteiger partial charge in [0.15, 0.2) is 0 Å². The lowest BCUT2D eigenvalue weighted by molar-refractivity contribution is 0.00329. The van der Waals surface area contributed by atoms with Crippen LogP contribution in [0.15, 0.2) is 22.7 Å². The molecule has 1 saturated heterocycles. The van der Waals surface area contributed by atoms with Crippen LogP contribution >= 0.6 is 15.9 Å². The summed E-state index contributed by atoms with van der Waals surface area (Å²) in [7, 11) is 0. The van der Waals surface area contributed by atoms with Crippen molar-refractivity contribution in [3.63, 3.8) is 0 Å². The average molecular weight is 302 g/mol. The topological polar surface area (TPSA) is 29.5 Å². The van der Waals surface area contributed by atoms with Gasteiger partial charge in [-0.3, -0.25) is 4.79 Å². The summed E-state index contributed by atoms with van der Waals surface area (Å²) in [6.07, 6.45) is 0. The minimum absolute atomic E-state index is 0.0252. The molecule has 5 heteroatoms. The van der Waals surface area contributed by atoms with Crippen LogP contribution in [-0.2, 0) is 4.74 Å². The van der Waals surface area contributed by atoms with Gasteiger partial charge in [-0.1, -0.05) is 6.07 Å². The molecular formula is C12H13BrFNO2. The van der Waals surface area contributed by atoms with E-state index < -0.39 is 5.82 Å². The van der Waals surface area contributed by atoms with Crippen molar-refractivity contribution < 1.29 is 13.9 Å². The van der Waals surface area contributed by atoms with Gasteiger partial charge in [-0.2, -0.15) is 0 Å². The molecule has 1 atom stereocenters. The SMILES string of the molecule is C[C@@H]1COCCN1C(=O)c1c(F)cccc1Br. The predicted molar refractivity (Wildman–Crippen MR) is 65.4 cm³/mol. The molecule has 0 radical (unpaired) electrons. The molecule has 92 valence electrons. The third-order valence-electron chi connectivity index (χ3n) is 2.81. The third kappa shape index (κ3) is 2.50. The van der Waals surface area contributed by atoms with E-state index in [1.807, 2.05) is 6.92 Å². The number of ether oxygens (including phenoxy) is 1. The first-order chi connectivity index (χ1) is 8.11. The fourth-order valence-electron chi connectivity index (χ4n) is 1.87. The Kier molecular flexibility index (Phi) is 3.79. The van der Waals surface area contributed by atoms with Gasteiger partial charge in [0.1, 0.15) is 5.82 Å². The molecule has 17 heavy (non-hydrogen) atoms. The second-order valence-corrected chi connectivity index (χ2v) is 4.87. The Labute approximate surface area is 108 Å². The van der Waals surface area contributed by atoms with Crippen LogP contribution in [0.5, 0.6) is 0 Å². The second kappa shape index (κ2) is 5.14. The van der Waals surface area contributed by atoms with Gasteiger partial charge in [-0.05, 0) is 35.0 Å². The highest BCUT2D eigenvalue weighted by molar-refractivity contribution is 9.10. The molecule has 0 aliphatic carbocycles. The van der Waals surface area contributed by atoms with E-state index in [0.717, 1.165) is 0 Å². The standard InChI is InChI=1S/C12H13BrFNO2/c1-8-7-17-6-5-15(8)12(16)11-9(13)3-2-4-10(11)14/h2-4,8H,5-7H2,1H3/t8-/m1/s1. The summed E-state index contributed by atoms with van der Waals surface area (Å²) in [4.78, 5) is 13.9. The second-order valence-electron chi connectivity index (χ2n) is 4.02. The lowest BCUT2D eigenvalue weighted by Crippen LogP contribution is -2.47. The molecule has 0 N–H and O–H groups in total. The summed E-state index contributed by atoms with van der Waals surface area (Å²) < 4.78 is 19.4. The van der Waals surface area contributed by atoms with Crippen molar-refractivity contribution in [3.8, 4) is 0 Å². The average Bonchev–Trinajstić information content (AvgIpc) is 2.29. The van der Waals surface area contributed by atoms with E-state index in [2.05, 4.69) is 15.9 Å². The third-order valence-corrected chi connectivity index (χ3v) is 3.47. The van der Waals surface area contributed by atoms with Gasteiger partial charge in [-0.25, -0.2) is 4.39 Å². The molecule has 1 aliphatic heterocycles. The number of carbonyl (C=O) groups is 1. The zero-order valence-corrected chi connectivity index (χ0v) is 11.0. The summed E-state index contributed by atoms with van der Waals surface area (Å²) in [5, 5.41) is 0. The van der Waals surface area contributed by atoms with Crippen LogP contribution in [-0.4, -0.2) is 36.6 Å². The Morgan fingerprint density at radius 3 is 3.00 bits per heavy atom. The maximum Gasteiger partial charge on any atom is 0.258 e. The monoisotopic (exact) mass is 301 g/mol. The zero-order valence-electron chi connectivity index (χ0n) is 9.45. The number of carbonyl (C=O) groups excluding carboxylic acids is 1. The smallest absolute Gasteiger partial charge is 0.258 e. The van der Waals surface area contributed by atoms with E-state index in [1.165, 1.54) is 6.07 Å². The van der Waals surface area contributed by atoms with Crippen molar-refractivity contribution in [2.45, 2.75) is 13.0 Å². The van der Waals surface area contributed by atoms with E-state index >= 15 is 0 Å². The van der Waals surface area contributed by atoms with Crippen molar-refractivity contribution in [2.24, 2.45) is 0 Å². The van der Waals surface area contributed by atoms with Gasteiger partial charge in [-0.15, -0.1) is 0 Å². The van der Waals surface area contributed by atoms with Crippen LogP contribution in [0.3, 0.4) is 0 Å². The number of benzene rings is 1. The molecule has 0 aromatic heterocycles. The first-order valence-corrected chi connectivity index (χ1v) is 6.23. The van der Waals surface area contributed by atoms with Gasteiger partial charge in [0.25, 0.3) is 5.91 Å². The number of halogens is 2. The summed E-state index contributed by atoms with van der Waals surface area (Å²) in [5.74, 6) is -0.783. The van der Waals surface area contributed by atoms with Crippen LogP contribution in [0.4, 0.5) is 4.39 Å². The highest BCUT2D eigenvalue weighted by atomic mass is 79.9. The molecule has 0 bridgehead atoms. The molecule has 1 aromatic carbocycles. The Morgan fingerprint density at radius 1 is 1.59 bits per heavy atom. The quantitative estimate of drug-likeness (QED) is 0.797. The van der Waals surface area contributed by atoms with Crippen LogP contribution < -0.4 is 0 Å².